The summed E-state index contributed by atoms with van der Waals surface area (Å²) < 4.78 is 28.4. The van der Waals surface area contributed by atoms with Crippen LogP contribution >= 0.6 is 0 Å². The first-order chi connectivity index (χ1) is 14.5. The monoisotopic (exact) mass is 436 g/mol. The van der Waals surface area contributed by atoms with Gasteiger partial charge in [-0.15, -0.1) is 0 Å². The number of carbonyl (C=O) groups excluding carboxylic acids is 3. The van der Waals surface area contributed by atoms with Crippen molar-refractivity contribution in [3.05, 3.63) is 23.0 Å². The van der Waals surface area contributed by atoms with Crippen LogP contribution < -0.4 is 0 Å². The van der Waals surface area contributed by atoms with Crippen LogP contribution in [0.5, 0.6) is 0 Å². The summed E-state index contributed by atoms with van der Waals surface area (Å²) in [4.78, 5) is 36.6. The van der Waals surface area contributed by atoms with Gasteiger partial charge in [0.25, 0.3) is 0 Å². The highest BCUT2D eigenvalue weighted by Crippen LogP contribution is 2.54. The SMILES string of the molecule is CC(=O)OCC1=C2C(OC(=O)CC=C(C)O)CC3(C)OC3CCC3(C)OC3C2OC1=O. The van der Waals surface area contributed by atoms with Crippen molar-refractivity contribution >= 4 is 17.9 Å². The average molecular weight is 436 g/mol. The van der Waals surface area contributed by atoms with Crippen LogP contribution in [-0.4, -0.2) is 65.2 Å². The lowest BCUT2D eigenvalue weighted by molar-refractivity contribution is -0.148. The molecule has 0 spiro atoms. The van der Waals surface area contributed by atoms with E-state index in [1.807, 2.05) is 13.8 Å². The molecule has 0 aromatic rings. The number of hydrogen-bond acceptors (Lipinski definition) is 9. The molecule has 3 fully saturated rings. The molecular weight excluding hydrogens is 408 g/mol. The molecule has 3 heterocycles. The fourth-order valence-corrected chi connectivity index (χ4v) is 4.57. The lowest BCUT2D eigenvalue weighted by Crippen LogP contribution is -2.36. The maximum Gasteiger partial charge on any atom is 0.338 e. The lowest BCUT2D eigenvalue weighted by atomic mass is 9.83. The molecule has 1 saturated carbocycles. The van der Waals surface area contributed by atoms with E-state index in [9.17, 15) is 19.5 Å². The number of fused-ring (bicyclic) bond motifs is 4. The van der Waals surface area contributed by atoms with Crippen molar-refractivity contribution in [3.63, 3.8) is 0 Å². The van der Waals surface area contributed by atoms with Gasteiger partial charge in [0.1, 0.15) is 18.8 Å². The van der Waals surface area contributed by atoms with Crippen LogP contribution in [0.1, 0.15) is 53.4 Å². The van der Waals surface area contributed by atoms with Crippen LogP contribution in [0.4, 0.5) is 0 Å². The van der Waals surface area contributed by atoms with E-state index >= 15 is 0 Å². The number of esters is 3. The average Bonchev–Trinajstić information content (AvgIpc) is 3.49. The van der Waals surface area contributed by atoms with Gasteiger partial charge < -0.3 is 28.8 Å². The van der Waals surface area contributed by atoms with Crippen molar-refractivity contribution < 1.29 is 43.2 Å². The molecule has 0 amide bonds. The predicted octanol–water partition coefficient (Wildman–Crippen LogP) is 2.03. The van der Waals surface area contributed by atoms with E-state index in [0.717, 1.165) is 12.8 Å². The van der Waals surface area contributed by atoms with Gasteiger partial charge in [0.05, 0.1) is 35.1 Å². The highest BCUT2D eigenvalue weighted by atomic mass is 16.7. The quantitative estimate of drug-likeness (QED) is 0.298. The van der Waals surface area contributed by atoms with E-state index in [0.29, 0.717) is 12.0 Å². The van der Waals surface area contributed by atoms with Gasteiger partial charge in [0, 0.05) is 18.9 Å². The number of aliphatic hydroxyl groups excluding tert-OH is 1. The Balaban J connectivity index is 1.70. The molecule has 6 unspecified atom stereocenters. The minimum atomic E-state index is -0.816. The van der Waals surface area contributed by atoms with Crippen LogP contribution in [0.2, 0.25) is 0 Å². The standard InChI is InChI=1S/C22H28O9/c1-11(23)5-6-16(25)28-14-9-22(4)15(30-22)7-8-21(3)19(31-21)18-17(14)13(20(26)29-18)10-27-12(2)24/h5,14-15,18-19,23H,6-10H2,1-4H3. The summed E-state index contributed by atoms with van der Waals surface area (Å²) >= 11 is 0. The molecule has 2 saturated heterocycles. The van der Waals surface area contributed by atoms with E-state index in [1.54, 1.807) is 0 Å². The summed E-state index contributed by atoms with van der Waals surface area (Å²) in [5.41, 5.74) is -0.342. The van der Waals surface area contributed by atoms with E-state index in [1.165, 1.54) is 19.9 Å². The highest BCUT2D eigenvalue weighted by Gasteiger charge is 2.65. The zero-order valence-corrected chi connectivity index (χ0v) is 18.1. The van der Waals surface area contributed by atoms with Crippen LogP contribution in [0, 0.1) is 0 Å². The number of ether oxygens (including phenoxy) is 5. The minimum absolute atomic E-state index is 0.00190. The van der Waals surface area contributed by atoms with Gasteiger partial charge in [-0.05, 0) is 39.7 Å². The predicted molar refractivity (Wildman–Crippen MR) is 105 cm³/mol. The first-order valence-corrected chi connectivity index (χ1v) is 10.5. The van der Waals surface area contributed by atoms with E-state index in [-0.39, 0.29) is 36.6 Å². The molecule has 0 aromatic carbocycles. The molecule has 31 heavy (non-hydrogen) atoms. The molecule has 1 N–H and O–H groups in total. The van der Waals surface area contributed by atoms with Crippen LogP contribution in [0.15, 0.2) is 23.0 Å². The second kappa shape index (κ2) is 7.63. The smallest absolute Gasteiger partial charge is 0.338 e. The van der Waals surface area contributed by atoms with Crippen molar-refractivity contribution in [3.8, 4) is 0 Å². The molecule has 9 nitrogen and oxygen atoms in total. The summed E-state index contributed by atoms with van der Waals surface area (Å²) in [6.07, 6.45) is 1.19. The number of epoxide rings is 2. The molecule has 3 aliphatic heterocycles. The van der Waals surface area contributed by atoms with E-state index < -0.39 is 41.3 Å². The second-order valence-corrected chi connectivity index (χ2v) is 9.08. The molecule has 6 atom stereocenters. The van der Waals surface area contributed by atoms with Crippen LogP contribution in [0.25, 0.3) is 0 Å². The zero-order valence-electron chi connectivity index (χ0n) is 18.1. The number of carbonyl (C=O) groups is 3. The van der Waals surface area contributed by atoms with Crippen molar-refractivity contribution in [2.75, 3.05) is 6.61 Å². The summed E-state index contributed by atoms with van der Waals surface area (Å²) in [5, 5.41) is 9.36. The summed E-state index contributed by atoms with van der Waals surface area (Å²) in [5.74, 6) is -1.70. The Morgan fingerprint density at radius 3 is 2.65 bits per heavy atom. The Kier molecular flexibility index (Phi) is 5.37. The Labute approximate surface area is 180 Å². The first kappa shape index (κ1) is 21.8. The van der Waals surface area contributed by atoms with Gasteiger partial charge in [-0.1, -0.05) is 0 Å². The Bertz CT molecular complexity index is 870. The number of aliphatic hydroxyl groups is 1. The van der Waals surface area contributed by atoms with E-state index in [2.05, 4.69) is 0 Å². The first-order valence-electron chi connectivity index (χ1n) is 10.5. The number of hydrogen-bond donors (Lipinski definition) is 1. The van der Waals surface area contributed by atoms with Crippen LogP contribution in [0.3, 0.4) is 0 Å². The van der Waals surface area contributed by atoms with Crippen molar-refractivity contribution in [1.82, 2.24) is 0 Å². The lowest BCUT2D eigenvalue weighted by Gasteiger charge is -2.26. The minimum Gasteiger partial charge on any atom is -0.513 e. The summed E-state index contributed by atoms with van der Waals surface area (Å²) in [6.45, 7) is 6.36. The molecule has 0 bridgehead atoms. The topological polar surface area (TPSA) is 124 Å². The van der Waals surface area contributed by atoms with Gasteiger partial charge in [-0.25, -0.2) is 4.79 Å². The van der Waals surface area contributed by atoms with Crippen LogP contribution in [-0.2, 0) is 38.1 Å². The van der Waals surface area contributed by atoms with Gasteiger partial charge >= 0.3 is 17.9 Å². The van der Waals surface area contributed by atoms with Gasteiger partial charge in [0.2, 0.25) is 0 Å². The third-order valence-electron chi connectivity index (χ3n) is 6.48. The van der Waals surface area contributed by atoms with Crippen molar-refractivity contribution in [2.24, 2.45) is 0 Å². The fraction of sp³-hybridized carbons (Fsp3) is 0.682. The molecule has 1 aliphatic carbocycles. The van der Waals surface area contributed by atoms with E-state index in [4.69, 9.17) is 23.7 Å². The van der Waals surface area contributed by atoms with Crippen molar-refractivity contribution in [1.29, 1.82) is 0 Å². The number of allylic oxidation sites excluding steroid dienone is 1. The molecule has 0 radical (unpaired) electrons. The molecule has 4 aliphatic rings. The maximum absolute atomic E-state index is 12.7. The van der Waals surface area contributed by atoms with Gasteiger partial charge in [0.15, 0.2) is 6.10 Å². The number of rotatable bonds is 5. The third kappa shape index (κ3) is 4.34. The highest BCUT2D eigenvalue weighted by molar-refractivity contribution is 5.93. The molecule has 0 aromatic heterocycles. The normalized spacial score (nSPS) is 39.0. The Hall–Kier alpha value is -2.39. The Morgan fingerprint density at radius 2 is 1.97 bits per heavy atom. The summed E-state index contributed by atoms with van der Waals surface area (Å²) in [7, 11) is 0. The third-order valence-corrected chi connectivity index (χ3v) is 6.48. The van der Waals surface area contributed by atoms with Crippen molar-refractivity contribution in [2.45, 2.75) is 89.0 Å². The largest absolute Gasteiger partial charge is 0.513 e. The fourth-order valence-electron chi connectivity index (χ4n) is 4.57. The molecular formula is C22H28O9. The zero-order chi connectivity index (χ0) is 22.6. The molecule has 170 valence electrons. The molecule has 9 heteroatoms. The molecule has 4 rings (SSSR count). The Morgan fingerprint density at radius 1 is 1.23 bits per heavy atom. The second-order valence-electron chi connectivity index (χ2n) is 9.08. The van der Waals surface area contributed by atoms with Gasteiger partial charge in [-0.2, -0.15) is 0 Å². The maximum atomic E-state index is 12.7. The van der Waals surface area contributed by atoms with Gasteiger partial charge in [-0.3, -0.25) is 9.59 Å². The summed E-state index contributed by atoms with van der Waals surface area (Å²) in [6, 6.07) is 0.